The first-order valence-electron chi connectivity index (χ1n) is 6.98. The van der Waals surface area contributed by atoms with Crippen LogP contribution in [0.3, 0.4) is 0 Å². The number of nitrogens with one attached hydrogen (secondary N) is 1. The summed E-state index contributed by atoms with van der Waals surface area (Å²) < 4.78 is 5.17. The number of hydrogen-bond acceptors (Lipinski definition) is 4. The van der Waals surface area contributed by atoms with E-state index >= 15 is 0 Å². The number of halogens is 2. The van der Waals surface area contributed by atoms with Gasteiger partial charge in [0.15, 0.2) is 0 Å². The van der Waals surface area contributed by atoms with Crippen LogP contribution >= 0.6 is 23.2 Å². The van der Waals surface area contributed by atoms with Gasteiger partial charge in [-0.05, 0) is 43.3 Å². The average Bonchev–Trinajstić information content (AvgIpc) is 2.91. The van der Waals surface area contributed by atoms with Crippen molar-refractivity contribution in [2.75, 3.05) is 5.32 Å². The number of hydrogen-bond donors (Lipinski definition) is 2. The Morgan fingerprint density at radius 1 is 1.12 bits per heavy atom. The van der Waals surface area contributed by atoms with Gasteiger partial charge < -0.3 is 14.9 Å². The van der Waals surface area contributed by atoms with Crippen LogP contribution in [0.15, 0.2) is 47.0 Å². The average molecular weight is 363 g/mol. The quantitative estimate of drug-likeness (QED) is 0.648. The monoisotopic (exact) mass is 362 g/mol. The van der Waals surface area contributed by atoms with Crippen LogP contribution in [0.5, 0.6) is 5.75 Å². The predicted molar refractivity (Wildman–Crippen MR) is 92.8 cm³/mol. The molecule has 1 aromatic heterocycles. The molecule has 2 aromatic carbocycles. The Bertz CT molecular complexity index is 884. The van der Waals surface area contributed by atoms with Crippen molar-refractivity contribution >= 4 is 34.8 Å². The van der Waals surface area contributed by atoms with Crippen molar-refractivity contribution in [3.05, 3.63) is 63.8 Å². The lowest BCUT2D eigenvalue weighted by Gasteiger charge is -2.08. The molecule has 24 heavy (non-hydrogen) atoms. The molecule has 0 atom stereocenters. The molecule has 0 radical (unpaired) electrons. The Morgan fingerprint density at radius 3 is 2.38 bits per heavy atom. The number of rotatable bonds is 3. The van der Waals surface area contributed by atoms with Gasteiger partial charge in [0, 0.05) is 11.3 Å². The molecule has 1 heterocycles. The molecule has 3 rings (SSSR count). The lowest BCUT2D eigenvalue weighted by Crippen LogP contribution is -2.13. The second kappa shape index (κ2) is 6.55. The second-order valence-corrected chi connectivity index (χ2v) is 5.87. The fraction of sp³-hybridized carbons (Fsp3) is 0.0588. The van der Waals surface area contributed by atoms with E-state index in [1.165, 1.54) is 12.1 Å². The molecular weight excluding hydrogens is 351 g/mol. The largest absolute Gasteiger partial charge is 0.508 e. The van der Waals surface area contributed by atoms with Gasteiger partial charge in [-0.25, -0.2) is 0 Å². The van der Waals surface area contributed by atoms with E-state index < -0.39 is 5.91 Å². The van der Waals surface area contributed by atoms with Crippen LogP contribution in [-0.2, 0) is 0 Å². The van der Waals surface area contributed by atoms with Gasteiger partial charge >= 0.3 is 0 Å². The fourth-order valence-corrected chi connectivity index (χ4v) is 2.85. The van der Waals surface area contributed by atoms with Crippen molar-refractivity contribution in [2.45, 2.75) is 6.92 Å². The van der Waals surface area contributed by atoms with Crippen LogP contribution in [0.2, 0.25) is 10.0 Å². The number of carbonyl (C=O) groups excluding carboxylic acids is 1. The summed E-state index contributed by atoms with van der Waals surface area (Å²) in [6.45, 7) is 1.63. The highest BCUT2D eigenvalue weighted by Crippen LogP contribution is 2.37. The van der Waals surface area contributed by atoms with Crippen molar-refractivity contribution in [1.29, 1.82) is 0 Å². The SMILES string of the molecule is Cc1onc(-c2c(Cl)cccc2Cl)c1C(=O)Nc1ccc(O)cc1. The molecule has 2 N–H and O–H groups in total. The summed E-state index contributed by atoms with van der Waals surface area (Å²) in [5.74, 6) is 0.0420. The number of phenolic OH excluding ortho intramolecular Hbond substituents is 1. The maximum Gasteiger partial charge on any atom is 0.261 e. The summed E-state index contributed by atoms with van der Waals surface area (Å²) in [7, 11) is 0. The molecule has 7 heteroatoms. The fourth-order valence-electron chi connectivity index (χ4n) is 2.27. The zero-order valence-corrected chi connectivity index (χ0v) is 14.0. The summed E-state index contributed by atoms with van der Waals surface area (Å²) in [4.78, 5) is 12.6. The molecule has 0 saturated heterocycles. The maximum absolute atomic E-state index is 12.6. The minimum absolute atomic E-state index is 0.109. The number of aryl methyl sites for hydroxylation is 1. The van der Waals surface area contributed by atoms with E-state index in [0.29, 0.717) is 27.1 Å². The number of aromatic hydroxyl groups is 1. The first-order chi connectivity index (χ1) is 11.5. The molecule has 0 unspecified atom stereocenters. The molecule has 0 spiro atoms. The molecule has 0 bridgehead atoms. The van der Waals surface area contributed by atoms with Crippen LogP contribution in [0.25, 0.3) is 11.3 Å². The van der Waals surface area contributed by atoms with Crippen LogP contribution in [0, 0.1) is 6.92 Å². The van der Waals surface area contributed by atoms with Crippen molar-refractivity contribution in [3.63, 3.8) is 0 Å². The Balaban J connectivity index is 2.01. The highest BCUT2D eigenvalue weighted by molar-refractivity contribution is 6.39. The molecule has 5 nitrogen and oxygen atoms in total. The first-order valence-corrected chi connectivity index (χ1v) is 7.74. The molecule has 3 aromatic rings. The van der Waals surface area contributed by atoms with E-state index in [2.05, 4.69) is 10.5 Å². The first kappa shape index (κ1) is 16.4. The molecule has 1 amide bonds. The van der Waals surface area contributed by atoms with Crippen LogP contribution in [0.1, 0.15) is 16.1 Å². The van der Waals surface area contributed by atoms with Gasteiger partial charge in [-0.15, -0.1) is 0 Å². The third-order valence-electron chi connectivity index (χ3n) is 3.41. The van der Waals surface area contributed by atoms with Crippen molar-refractivity contribution < 1.29 is 14.4 Å². The zero-order valence-electron chi connectivity index (χ0n) is 12.5. The Hall–Kier alpha value is -2.50. The third kappa shape index (κ3) is 3.09. The highest BCUT2D eigenvalue weighted by atomic mass is 35.5. The Labute approximate surface area is 147 Å². The normalized spacial score (nSPS) is 10.6. The topological polar surface area (TPSA) is 75.4 Å². The van der Waals surface area contributed by atoms with Gasteiger partial charge in [-0.3, -0.25) is 4.79 Å². The van der Waals surface area contributed by atoms with Gasteiger partial charge in [-0.2, -0.15) is 0 Å². The minimum Gasteiger partial charge on any atom is -0.508 e. The van der Waals surface area contributed by atoms with E-state index in [-0.39, 0.29) is 17.0 Å². The highest BCUT2D eigenvalue weighted by Gasteiger charge is 2.24. The van der Waals surface area contributed by atoms with Gasteiger partial charge in [0.05, 0.1) is 10.0 Å². The summed E-state index contributed by atoms with van der Waals surface area (Å²) in [6.07, 6.45) is 0. The summed E-state index contributed by atoms with van der Waals surface area (Å²) >= 11 is 12.4. The Kier molecular flexibility index (Phi) is 4.46. The number of carbonyl (C=O) groups is 1. The summed E-state index contributed by atoms with van der Waals surface area (Å²) in [6, 6.07) is 11.1. The standard InChI is InChI=1S/C17H12Cl2N2O3/c1-9-14(17(23)20-10-5-7-11(22)8-6-10)16(21-24-9)15-12(18)3-2-4-13(15)19/h2-8,22H,1H3,(H,20,23). The number of phenols is 1. The molecule has 0 aliphatic rings. The number of benzene rings is 2. The predicted octanol–water partition coefficient (Wildman–Crippen LogP) is 4.91. The van der Waals surface area contributed by atoms with E-state index in [4.69, 9.17) is 27.7 Å². The van der Waals surface area contributed by atoms with Gasteiger partial charge in [0.25, 0.3) is 5.91 Å². The number of anilines is 1. The minimum atomic E-state index is -0.412. The maximum atomic E-state index is 12.6. The van der Waals surface area contributed by atoms with Crippen LogP contribution < -0.4 is 5.32 Å². The van der Waals surface area contributed by atoms with E-state index in [9.17, 15) is 9.90 Å². The van der Waals surface area contributed by atoms with Crippen LogP contribution in [0.4, 0.5) is 5.69 Å². The summed E-state index contributed by atoms with van der Waals surface area (Å²) in [5.41, 5.74) is 1.49. The summed E-state index contributed by atoms with van der Waals surface area (Å²) in [5, 5.41) is 16.7. The number of nitrogens with zero attached hydrogens (tertiary/aromatic N) is 1. The van der Waals surface area contributed by atoms with Crippen LogP contribution in [-0.4, -0.2) is 16.2 Å². The van der Waals surface area contributed by atoms with E-state index in [1.54, 1.807) is 37.3 Å². The van der Waals surface area contributed by atoms with E-state index in [0.717, 1.165) is 0 Å². The van der Waals surface area contributed by atoms with Gasteiger partial charge in [-0.1, -0.05) is 34.4 Å². The number of aromatic nitrogens is 1. The molecule has 0 aliphatic carbocycles. The van der Waals surface area contributed by atoms with Gasteiger partial charge in [0.2, 0.25) is 0 Å². The molecule has 122 valence electrons. The smallest absolute Gasteiger partial charge is 0.261 e. The zero-order chi connectivity index (χ0) is 17.3. The lowest BCUT2D eigenvalue weighted by molar-refractivity contribution is 0.102. The van der Waals surface area contributed by atoms with Crippen molar-refractivity contribution in [2.24, 2.45) is 0 Å². The van der Waals surface area contributed by atoms with Gasteiger partial charge in [0.1, 0.15) is 22.8 Å². The van der Waals surface area contributed by atoms with E-state index in [1.807, 2.05) is 0 Å². The Morgan fingerprint density at radius 2 is 1.75 bits per heavy atom. The molecule has 0 saturated carbocycles. The van der Waals surface area contributed by atoms with Crippen molar-refractivity contribution in [3.8, 4) is 17.0 Å². The molecule has 0 aliphatic heterocycles. The third-order valence-corrected chi connectivity index (χ3v) is 4.04. The second-order valence-electron chi connectivity index (χ2n) is 5.06. The molecular formula is C17H12Cl2N2O3. The number of amides is 1. The lowest BCUT2D eigenvalue weighted by atomic mass is 10.1. The van der Waals surface area contributed by atoms with Crippen molar-refractivity contribution in [1.82, 2.24) is 5.16 Å². The molecule has 0 fully saturated rings.